The van der Waals surface area contributed by atoms with E-state index in [9.17, 15) is 4.79 Å². The second-order valence-electron chi connectivity index (χ2n) is 5.58. The van der Waals surface area contributed by atoms with E-state index >= 15 is 0 Å². The lowest BCUT2D eigenvalue weighted by Crippen LogP contribution is -2.18. The lowest BCUT2D eigenvalue weighted by Gasteiger charge is -2.16. The summed E-state index contributed by atoms with van der Waals surface area (Å²) in [6, 6.07) is 6.04. The summed E-state index contributed by atoms with van der Waals surface area (Å²) in [6.45, 7) is 8.72. The van der Waals surface area contributed by atoms with Crippen LogP contribution in [0.4, 0.5) is 11.6 Å². The van der Waals surface area contributed by atoms with Crippen LogP contribution in [0.15, 0.2) is 57.5 Å². The standard InChI is InChI=1S/C19H22BrN3O/c1-5-8-15(6-2)11-23-12-16(20)18(24)22-19(23)21-17-10-7-9-13(3)14(17)4/h5-10,12H,11H2,1-4H3,(H,21,22,24)/b8-5-,15-6+. The lowest BCUT2D eigenvalue weighted by atomic mass is 10.1. The molecule has 2 rings (SSSR count). The highest BCUT2D eigenvalue weighted by Crippen LogP contribution is 2.22. The Labute approximate surface area is 151 Å². The first-order valence-electron chi connectivity index (χ1n) is 7.84. The summed E-state index contributed by atoms with van der Waals surface area (Å²) < 4.78 is 2.38. The molecule has 0 saturated heterocycles. The number of anilines is 2. The van der Waals surface area contributed by atoms with E-state index in [1.54, 1.807) is 6.20 Å². The lowest BCUT2D eigenvalue weighted by molar-refractivity contribution is 0.766. The van der Waals surface area contributed by atoms with E-state index in [1.807, 2.05) is 48.8 Å². The van der Waals surface area contributed by atoms with Gasteiger partial charge in [-0.2, -0.15) is 4.98 Å². The van der Waals surface area contributed by atoms with Crippen molar-refractivity contribution in [3.05, 3.63) is 74.2 Å². The molecule has 0 aliphatic heterocycles. The van der Waals surface area contributed by atoms with Crippen LogP contribution in [0.2, 0.25) is 0 Å². The summed E-state index contributed by atoms with van der Waals surface area (Å²) in [6.07, 6.45) is 7.87. The zero-order valence-electron chi connectivity index (χ0n) is 14.4. The van der Waals surface area contributed by atoms with Crippen LogP contribution in [-0.2, 0) is 6.54 Å². The van der Waals surface area contributed by atoms with Gasteiger partial charge in [-0.1, -0.05) is 30.4 Å². The SMILES string of the molecule is C/C=C\C(=C/C)Cn1cc(Br)c(=O)nc1Nc1cccc(C)c1C. The zero-order chi connectivity index (χ0) is 17.7. The van der Waals surface area contributed by atoms with Crippen molar-refractivity contribution in [2.75, 3.05) is 5.32 Å². The molecular weight excluding hydrogens is 366 g/mol. The van der Waals surface area contributed by atoms with Gasteiger partial charge in [0.1, 0.15) is 4.47 Å². The fraction of sp³-hybridized carbons (Fsp3) is 0.263. The minimum atomic E-state index is -0.285. The van der Waals surface area contributed by atoms with E-state index in [-0.39, 0.29) is 5.56 Å². The first kappa shape index (κ1) is 18.2. The van der Waals surface area contributed by atoms with Gasteiger partial charge in [-0.05, 0) is 66.4 Å². The molecule has 1 heterocycles. The van der Waals surface area contributed by atoms with Crippen molar-refractivity contribution in [2.24, 2.45) is 0 Å². The van der Waals surface area contributed by atoms with Gasteiger partial charge in [0.15, 0.2) is 0 Å². The minimum absolute atomic E-state index is 0.285. The van der Waals surface area contributed by atoms with Crippen molar-refractivity contribution in [2.45, 2.75) is 34.2 Å². The highest BCUT2D eigenvalue weighted by Gasteiger charge is 2.10. The Kier molecular flexibility index (Phi) is 6.15. The summed E-state index contributed by atoms with van der Waals surface area (Å²) in [5, 5.41) is 3.30. The summed E-state index contributed by atoms with van der Waals surface area (Å²) in [4.78, 5) is 16.2. The van der Waals surface area contributed by atoms with Gasteiger partial charge in [0, 0.05) is 11.9 Å². The van der Waals surface area contributed by atoms with Crippen molar-refractivity contribution in [1.82, 2.24) is 9.55 Å². The number of benzene rings is 1. The highest BCUT2D eigenvalue weighted by atomic mass is 79.9. The number of halogens is 1. The molecule has 0 amide bonds. The molecule has 2 aromatic rings. The molecule has 0 spiro atoms. The summed E-state index contributed by atoms with van der Waals surface area (Å²) in [7, 11) is 0. The number of aryl methyl sites for hydroxylation is 1. The maximum Gasteiger partial charge on any atom is 0.288 e. The molecule has 0 fully saturated rings. The number of hydrogen-bond acceptors (Lipinski definition) is 3. The van der Waals surface area contributed by atoms with E-state index < -0.39 is 0 Å². The van der Waals surface area contributed by atoms with Gasteiger partial charge in [0.25, 0.3) is 5.56 Å². The summed E-state index contributed by atoms with van der Waals surface area (Å²) >= 11 is 3.28. The van der Waals surface area contributed by atoms with Crippen molar-refractivity contribution < 1.29 is 0 Å². The molecular formula is C19H22BrN3O. The first-order valence-corrected chi connectivity index (χ1v) is 8.63. The maximum atomic E-state index is 12.0. The fourth-order valence-electron chi connectivity index (χ4n) is 2.35. The molecule has 0 aliphatic rings. The summed E-state index contributed by atoms with van der Waals surface area (Å²) in [5.41, 5.74) is 4.13. The van der Waals surface area contributed by atoms with Crippen molar-refractivity contribution in [3.63, 3.8) is 0 Å². The molecule has 0 aliphatic carbocycles. The predicted molar refractivity (Wildman–Crippen MR) is 104 cm³/mol. The Hall–Kier alpha value is -2.14. The number of nitrogens with one attached hydrogen (secondary N) is 1. The van der Waals surface area contributed by atoms with E-state index in [0.29, 0.717) is 17.0 Å². The largest absolute Gasteiger partial charge is 0.325 e. The van der Waals surface area contributed by atoms with Crippen LogP contribution in [0.5, 0.6) is 0 Å². The second kappa shape index (κ2) is 8.11. The molecule has 1 N–H and O–H groups in total. The third-order valence-electron chi connectivity index (χ3n) is 3.91. The Morgan fingerprint density at radius 1 is 1.33 bits per heavy atom. The molecule has 1 aromatic carbocycles. The molecule has 1 aromatic heterocycles. The molecule has 4 nitrogen and oxygen atoms in total. The number of aromatic nitrogens is 2. The Morgan fingerprint density at radius 3 is 2.75 bits per heavy atom. The first-order chi connectivity index (χ1) is 11.5. The van der Waals surface area contributed by atoms with E-state index in [0.717, 1.165) is 16.8 Å². The van der Waals surface area contributed by atoms with Gasteiger partial charge in [-0.15, -0.1) is 0 Å². The van der Waals surface area contributed by atoms with Crippen LogP contribution in [0.3, 0.4) is 0 Å². The molecule has 0 saturated carbocycles. The minimum Gasteiger partial charge on any atom is -0.325 e. The van der Waals surface area contributed by atoms with Crippen molar-refractivity contribution in [3.8, 4) is 0 Å². The Balaban J connectivity index is 2.46. The molecule has 5 heteroatoms. The average Bonchev–Trinajstić information content (AvgIpc) is 2.55. The van der Waals surface area contributed by atoms with E-state index in [1.165, 1.54) is 5.56 Å². The highest BCUT2D eigenvalue weighted by molar-refractivity contribution is 9.10. The normalized spacial score (nSPS) is 12.0. The third kappa shape index (κ3) is 4.23. The van der Waals surface area contributed by atoms with Crippen LogP contribution in [0.25, 0.3) is 0 Å². The molecule has 0 unspecified atom stereocenters. The molecule has 24 heavy (non-hydrogen) atoms. The third-order valence-corrected chi connectivity index (χ3v) is 4.45. The quantitative estimate of drug-likeness (QED) is 0.742. The van der Waals surface area contributed by atoms with Gasteiger partial charge in [0.2, 0.25) is 5.95 Å². The van der Waals surface area contributed by atoms with Crippen LogP contribution < -0.4 is 10.9 Å². The van der Waals surface area contributed by atoms with Crippen LogP contribution in [-0.4, -0.2) is 9.55 Å². The van der Waals surface area contributed by atoms with Crippen LogP contribution in [0, 0.1) is 13.8 Å². The monoisotopic (exact) mass is 387 g/mol. The van der Waals surface area contributed by atoms with Crippen molar-refractivity contribution >= 4 is 27.6 Å². The second-order valence-corrected chi connectivity index (χ2v) is 6.44. The van der Waals surface area contributed by atoms with Crippen LogP contribution >= 0.6 is 15.9 Å². The fourth-order valence-corrected chi connectivity index (χ4v) is 2.68. The number of rotatable bonds is 5. The molecule has 0 atom stereocenters. The average molecular weight is 388 g/mol. The van der Waals surface area contributed by atoms with Crippen molar-refractivity contribution in [1.29, 1.82) is 0 Å². The molecule has 0 bridgehead atoms. The predicted octanol–water partition coefficient (Wildman–Crippen LogP) is 4.89. The van der Waals surface area contributed by atoms with Gasteiger partial charge < -0.3 is 9.88 Å². The topological polar surface area (TPSA) is 46.9 Å². The van der Waals surface area contributed by atoms with Gasteiger partial charge in [-0.3, -0.25) is 4.79 Å². The van der Waals surface area contributed by atoms with Gasteiger partial charge in [0.05, 0.1) is 6.54 Å². The van der Waals surface area contributed by atoms with E-state index in [2.05, 4.69) is 46.1 Å². The number of hydrogen-bond donors (Lipinski definition) is 1. The zero-order valence-corrected chi connectivity index (χ0v) is 16.0. The smallest absolute Gasteiger partial charge is 0.288 e. The molecule has 0 radical (unpaired) electrons. The van der Waals surface area contributed by atoms with E-state index in [4.69, 9.17) is 0 Å². The van der Waals surface area contributed by atoms with Crippen LogP contribution in [0.1, 0.15) is 25.0 Å². The maximum absolute atomic E-state index is 12.0. The Morgan fingerprint density at radius 2 is 2.08 bits per heavy atom. The number of allylic oxidation sites excluding steroid dienone is 4. The summed E-state index contributed by atoms with van der Waals surface area (Å²) in [5.74, 6) is 0.528. The number of nitrogens with zero attached hydrogens (tertiary/aromatic N) is 2. The van der Waals surface area contributed by atoms with Gasteiger partial charge in [-0.25, -0.2) is 0 Å². The molecule has 126 valence electrons. The Bertz CT molecular complexity index is 850. The van der Waals surface area contributed by atoms with Gasteiger partial charge >= 0.3 is 0 Å².